The summed E-state index contributed by atoms with van der Waals surface area (Å²) < 4.78 is 5.39. The van der Waals surface area contributed by atoms with Gasteiger partial charge in [0.25, 0.3) is 0 Å². The van der Waals surface area contributed by atoms with Crippen LogP contribution in [0.5, 0.6) is 5.75 Å². The lowest BCUT2D eigenvalue weighted by molar-refractivity contribution is -0.138. The normalized spacial score (nSPS) is 16.9. The van der Waals surface area contributed by atoms with Crippen molar-refractivity contribution in [2.75, 3.05) is 33.8 Å². The van der Waals surface area contributed by atoms with Crippen LogP contribution in [0.15, 0.2) is 18.2 Å². The number of methoxy groups -OCH3 is 1. The number of halogens is 1. The molecule has 22 heavy (non-hydrogen) atoms. The molecule has 1 saturated heterocycles. The van der Waals surface area contributed by atoms with Crippen molar-refractivity contribution in [1.82, 2.24) is 9.80 Å². The minimum atomic E-state index is -0.770. The van der Waals surface area contributed by atoms with Crippen molar-refractivity contribution in [3.63, 3.8) is 0 Å². The van der Waals surface area contributed by atoms with Crippen LogP contribution < -0.4 is 4.74 Å². The van der Waals surface area contributed by atoms with E-state index in [1.54, 1.807) is 7.11 Å². The predicted molar refractivity (Wildman–Crippen MR) is 86.6 cm³/mol. The minimum absolute atomic E-state index is 0.104. The Labute approximate surface area is 136 Å². The maximum atomic E-state index is 10.8. The first-order valence-electron chi connectivity index (χ1n) is 7.46. The molecule has 0 aromatic heterocycles. The molecule has 0 radical (unpaired) electrons. The average Bonchev–Trinajstić information content (AvgIpc) is 2.47. The SMILES string of the molecule is COc1ccc(Cl)cc1CN1CCC(N(C)CC(=O)O)CC1. The van der Waals surface area contributed by atoms with E-state index < -0.39 is 5.97 Å². The Kier molecular flexibility index (Phi) is 6.06. The van der Waals surface area contributed by atoms with Gasteiger partial charge >= 0.3 is 5.97 Å². The van der Waals surface area contributed by atoms with Crippen LogP contribution in [0.25, 0.3) is 0 Å². The summed E-state index contributed by atoms with van der Waals surface area (Å²) in [6.45, 7) is 2.81. The van der Waals surface area contributed by atoms with Crippen molar-refractivity contribution in [2.24, 2.45) is 0 Å². The maximum absolute atomic E-state index is 10.8. The topological polar surface area (TPSA) is 53.0 Å². The van der Waals surface area contributed by atoms with E-state index in [0.29, 0.717) is 11.1 Å². The number of hydrogen-bond acceptors (Lipinski definition) is 4. The molecule has 0 unspecified atom stereocenters. The van der Waals surface area contributed by atoms with Crippen LogP contribution in [0.1, 0.15) is 18.4 Å². The summed E-state index contributed by atoms with van der Waals surface area (Å²) >= 11 is 6.07. The molecule has 0 spiro atoms. The number of aliphatic carboxylic acids is 1. The van der Waals surface area contributed by atoms with Crippen LogP contribution in [-0.4, -0.2) is 60.7 Å². The molecular formula is C16H23ClN2O3. The van der Waals surface area contributed by atoms with Crippen LogP contribution in [0.4, 0.5) is 0 Å². The van der Waals surface area contributed by atoms with E-state index in [9.17, 15) is 4.79 Å². The summed E-state index contributed by atoms with van der Waals surface area (Å²) in [6.07, 6.45) is 1.96. The Morgan fingerprint density at radius 3 is 2.73 bits per heavy atom. The van der Waals surface area contributed by atoms with Crippen molar-refractivity contribution in [3.05, 3.63) is 28.8 Å². The Morgan fingerprint density at radius 1 is 1.45 bits per heavy atom. The van der Waals surface area contributed by atoms with Gasteiger partial charge in [0.1, 0.15) is 5.75 Å². The van der Waals surface area contributed by atoms with E-state index in [1.807, 2.05) is 30.1 Å². The third-order valence-corrected chi connectivity index (χ3v) is 4.44. The summed E-state index contributed by atoms with van der Waals surface area (Å²) in [7, 11) is 3.55. The first-order chi connectivity index (χ1) is 10.5. The van der Waals surface area contributed by atoms with Crippen molar-refractivity contribution in [1.29, 1.82) is 0 Å². The van der Waals surface area contributed by atoms with Crippen molar-refractivity contribution >= 4 is 17.6 Å². The highest BCUT2D eigenvalue weighted by molar-refractivity contribution is 6.30. The number of ether oxygens (including phenoxy) is 1. The quantitative estimate of drug-likeness (QED) is 0.869. The van der Waals surface area contributed by atoms with Crippen molar-refractivity contribution in [2.45, 2.75) is 25.4 Å². The van der Waals surface area contributed by atoms with Gasteiger partial charge in [0, 0.05) is 23.2 Å². The highest BCUT2D eigenvalue weighted by atomic mass is 35.5. The molecular weight excluding hydrogens is 304 g/mol. The van der Waals surface area contributed by atoms with Crippen molar-refractivity contribution in [3.8, 4) is 5.75 Å². The summed E-state index contributed by atoms with van der Waals surface area (Å²) in [5.74, 6) is 0.0862. The van der Waals surface area contributed by atoms with Gasteiger partial charge in [0.05, 0.1) is 13.7 Å². The summed E-state index contributed by atoms with van der Waals surface area (Å²) in [4.78, 5) is 15.1. The third kappa shape index (κ3) is 4.60. The number of rotatable bonds is 6. The molecule has 1 fully saturated rings. The maximum Gasteiger partial charge on any atom is 0.317 e. The zero-order valence-corrected chi connectivity index (χ0v) is 13.8. The van der Waals surface area contributed by atoms with E-state index in [4.69, 9.17) is 21.4 Å². The molecule has 5 nitrogen and oxygen atoms in total. The van der Waals surface area contributed by atoms with Crippen molar-refractivity contribution < 1.29 is 14.6 Å². The van der Waals surface area contributed by atoms with Gasteiger partial charge in [-0.3, -0.25) is 14.6 Å². The monoisotopic (exact) mass is 326 g/mol. The summed E-state index contributed by atoms with van der Waals surface area (Å²) in [6, 6.07) is 6.01. The molecule has 0 saturated carbocycles. The fourth-order valence-electron chi connectivity index (χ4n) is 2.97. The number of piperidine rings is 1. The summed E-state index contributed by atoms with van der Waals surface area (Å²) in [5, 5.41) is 9.58. The smallest absolute Gasteiger partial charge is 0.317 e. The predicted octanol–water partition coefficient (Wildman–Crippen LogP) is 2.33. The zero-order chi connectivity index (χ0) is 16.1. The average molecular weight is 327 g/mol. The highest BCUT2D eigenvalue weighted by Crippen LogP contribution is 2.25. The Morgan fingerprint density at radius 2 is 2.14 bits per heavy atom. The van der Waals surface area contributed by atoms with Crippen LogP contribution in [0.3, 0.4) is 0 Å². The molecule has 1 heterocycles. The number of nitrogens with zero attached hydrogens (tertiary/aromatic N) is 2. The Balaban J connectivity index is 1.90. The summed E-state index contributed by atoms with van der Waals surface area (Å²) in [5.41, 5.74) is 1.09. The van der Waals surface area contributed by atoms with Gasteiger partial charge in [-0.15, -0.1) is 0 Å². The first kappa shape index (κ1) is 17.1. The Bertz CT molecular complexity index is 516. The lowest BCUT2D eigenvalue weighted by Gasteiger charge is -2.36. The van der Waals surface area contributed by atoms with Crippen LogP contribution in [0, 0.1) is 0 Å². The Hall–Kier alpha value is -1.30. The van der Waals surface area contributed by atoms with Gasteiger partial charge < -0.3 is 9.84 Å². The van der Waals surface area contributed by atoms with Crippen LogP contribution >= 0.6 is 11.6 Å². The molecule has 1 aromatic carbocycles. The second kappa shape index (κ2) is 7.81. The number of likely N-dealkylation sites (N-methyl/N-ethyl adjacent to an activating group) is 1. The van der Waals surface area contributed by atoms with Gasteiger partial charge in [-0.1, -0.05) is 11.6 Å². The van der Waals surface area contributed by atoms with Gasteiger partial charge in [0.2, 0.25) is 0 Å². The number of carbonyl (C=O) groups is 1. The highest BCUT2D eigenvalue weighted by Gasteiger charge is 2.24. The van der Waals surface area contributed by atoms with Gasteiger partial charge in [-0.05, 0) is 51.2 Å². The molecule has 1 N–H and O–H groups in total. The number of carboxylic acids is 1. The number of hydrogen-bond donors (Lipinski definition) is 1. The van der Waals surface area contributed by atoms with Gasteiger partial charge in [-0.2, -0.15) is 0 Å². The molecule has 0 aliphatic carbocycles. The second-order valence-corrected chi connectivity index (χ2v) is 6.21. The van der Waals surface area contributed by atoms with E-state index >= 15 is 0 Å². The lowest BCUT2D eigenvalue weighted by atomic mass is 10.0. The molecule has 1 aromatic rings. The van der Waals surface area contributed by atoms with E-state index in [2.05, 4.69) is 4.90 Å². The van der Waals surface area contributed by atoms with E-state index in [1.165, 1.54) is 0 Å². The lowest BCUT2D eigenvalue weighted by Crippen LogP contribution is -2.44. The van der Waals surface area contributed by atoms with E-state index in [-0.39, 0.29) is 6.54 Å². The molecule has 0 amide bonds. The fraction of sp³-hybridized carbons (Fsp3) is 0.562. The molecule has 0 atom stereocenters. The molecule has 1 aliphatic heterocycles. The number of carboxylic acid groups (broad SMARTS) is 1. The van der Waals surface area contributed by atoms with Gasteiger partial charge in [-0.25, -0.2) is 0 Å². The number of likely N-dealkylation sites (tertiary alicyclic amines) is 1. The largest absolute Gasteiger partial charge is 0.496 e. The zero-order valence-electron chi connectivity index (χ0n) is 13.1. The van der Waals surface area contributed by atoms with Gasteiger partial charge in [0.15, 0.2) is 0 Å². The number of benzene rings is 1. The molecule has 0 bridgehead atoms. The van der Waals surface area contributed by atoms with Crippen LogP contribution in [-0.2, 0) is 11.3 Å². The standard InChI is InChI=1S/C16H23ClN2O3/c1-18(11-16(20)21)14-5-7-19(8-6-14)10-12-9-13(17)3-4-15(12)22-2/h3-4,9,14H,5-8,10-11H2,1-2H3,(H,20,21). The molecule has 122 valence electrons. The fourth-order valence-corrected chi connectivity index (χ4v) is 3.17. The first-order valence-corrected chi connectivity index (χ1v) is 7.84. The molecule has 2 rings (SSSR count). The molecule has 1 aliphatic rings. The molecule has 6 heteroatoms. The minimum Gasteiger partial charge on any atom is -0.496 e. The van der Waals surface area contributed by atoms with Crippen LogP contribution in [0.2, 0.25) is 5.02 Å². The second-order valence-electron chi connectivity index (χ2n) is 5.77. The third-order valence-electron chi connectivity index (χ3n) is 4.20. The van der Waals surface area contributed by atoms with E-state index in [0.717, 1.165) is 43.8 Å².